The molecule has 21 heavy (non-hydrogen) atoms. The SMILES string of the molecule is CC1CN(Cc2sc(=O)[nH]c2-c2ccncc2)CC(C)O1. The van der Waals surface area contributed by atoms with E-state index in [4.69, 9.17) is 4.74 Å². The molecule has 1 saturated heterocycles. The maximum atomic E-state index is 11.8. The minimum absolute atomic E-state index is 0.00818. The number of aromatic amines is 1. The highest BCUT2D eigenvalue weighted by atomic mass is 32.1. The number of ether oxygens (including phenoxy) is 1. The van der Waals surface area contributed by atoms with Gasteiger partial charge in [0, 0.05) is 42.5 Å². The third-order valence-electron chi connectivity index (χ3n) is 3.55. The molecule has 0 radical (unpaired) electrons. The van der Waals surface area contributed by atoms with Crippen LogP contribution in [-0.2, 0) is 11.3 Å². The van der Waals surface area contributed by atoms with E-state index in [2.05, 4.69) is 28.7 Å². The van der Waals surface area contributed by atoms with Gasteiger partial charge in [-0.05, 0) is 26.0 Å². The van der Waals surface area contributed by atoms with Crippen molar-refractivity contribution in [1.29, 1.82) is 0 Å². The van der Waals surface area contributed by atoms with Crippen LogP contribution < -0.4 is 4.87 Å². The van der Waals surface area contributed by atoms with Gasteiger partial charge in [0.05, 0.1) is 17.9 Å². The molecule has 0 bridgehead atoms. The number of aromatic nitrogens is 2. The van der Waals surface area contributed by atoms with Crippen molar-refractivity contribution in [2.75, 3.05) is 13.1 Å². The lowest BCUT2D eigenvalue weighted by atomic mass is 10.1. The molecule has 3 rings (SSSR count). The third-order valence-corrected chi connectivity index (χ3v) is 4.42. The summed E-state index contributed by atoms with van der Waals surface area (Å²) in [6.45, 7) is 6.75. The fourth-order valence-corrected chi connectivity index (χ4v) is 3.73. The Labute approximate surface area is 127 Å². The van der Waals surface area contributed by atoms with Gasteiger partial charge in [-0.1, -0.05) is 11.3 Å². The number of thiazole rings is 1. The minimum Gasteiger partial charge on any atom is -0.373 e. The Bertz CT molecular complexity index is 642. The molecule has 0 saturated carbocycles. The fraction of sp³-hybridized carbons (Fsp3) is 0.467. The van der Waals surface area contributed by atoms with Crippen LogP contribution in [0.5, 0.6) is 0 Å². The molecule has 3 heterocycles. The summed E-state index contributed by atoms with van der Waals surface area (Å²) < 4.78 is 5.76. The Balaban J connectivity index is 1.84. The second-order valence-corrected chi connectivity index (χ2v) is 6.57. The molecular weight excluding hydrogens is 286 g/mol. The number of pyridine rings is 1. The summed E-state index contributed by atoms with van der Waals surface area (Å²) in [6.07, 6.45) is 3.95. The van der Waals surface area contributed by atoms with Crippen LogP contribution in [0, 0.1) is 0 Å². The molecule has 1 fully saturated rings. The van der Waals surface area contributed by atoms with Gasteiger partial charge in [0.1, 0.15) is 0 Å². The van der Waals surface area contributed by atoms with Crippen LogP contribution >= 0.6 is 11.3 Å². The number of nitrogens with zero attached hydrogens (tertiary/aromatic N) is 2. The van der Waals surface area contributed by atoms with Crippen molar-refractivity contribution >= 4 is 11.3 Å². The largest absolute Gasteiger partial charge is 0.373 e. The number of morpholine rings is 1. The Kier molecular flexibility index (Phi) is 4.19. The van der Waals surface area contributed by atoms with E-state index in [9.17, 15) is 4.79 Å². The van der Waals surface area contributed by atoms with Gasteiger partial charge in [-0.2, -0.15) is 0 Å². The van der Waals surface area contributed by atoms with Crippen LogP contribution in [0.2, 0.25) is 0 Å². The lowest BCUT2D eigenvalue weighted by molar-refractivity contribution is -0.0702. The molecular formula is C15H19N3O2S. The van der Waals surface area contributed by atoms with Gasteiger partial charge in [0.25, 0.3) is 0 Å². The lowest BCUT2D eigenvalue weighted by Crippen LogP contribution is -2.44. The number of nitrogens with one attached hydrogen (secondary N) is 1. The van der Waals surface area contributed by atoms with E-state index in [1.54, 1.807) is 12.4 Å². The standard InChI is InChI=1S/C15H19N3O2S/c1-10-7-18(8-11(2)20-10)9-13-14(17-15(19)21-13)12-3-5-16-6-4-12/h3-6,10-11H,7-9H2,1-2H3,(H,17,19). The maximum Gasteiger partial charge on any atom is 0.305 e. The first kappa shape index (κ1) is 14.4. The predicted octanol–water partition coefficient (Wildman–Crippen LogP) is 2.11. The van der Waals surface area contributed by atoms with Crippen molar-refractivity contribution < 1.29 is 4.74 Å². The Morgan fingerprint density at radius 3 is 2.67 bits per heavy atom. The van der Waals surface area contributed by atoms with Crippen molar-refractivity contribution in [2.45, 2.75) is 32.6 Å². The van der Waals surface area contributed by atoms with Gasteiger partial charge >= 0.3 is 4.87 Å². The van der Waals surface area contributed by atoms with Crippen LogP contribution in [0.1, 0.15) is 18.7 Å². The summed E-state index contributed by atoms with van der Waals surface area (Å²) >= 11 is 1.29. The number of hydrogen-bond acceptors (Lipinski definition) is 5. The van der Waals surface area contributed by atoms with Crippen molar-refractivity contribution in [3.8, 4) is 11.3 Å². The summed E-state index contributed by atoms with van der Waals surface area (Å²) in [7, 11) is 0. The molecule has 2 aromatic rings. The number of H-pyrrole nitrogens is 1. The van der Waals surface area contributed by atoms with Crippen molar-refractivity contribution in [2.24, 2.45) is 0 Å². The summed E-state index contributed by atoms with van der Waals surface area (Å²) in [5.74, 6) is 0. The van der Waals surface area contributed by atoms with Crippen LogP contribution in [0.15, 0.2) is 29.3 Å². The molecule has 1 aliphatic rings. The normalized spacial score (nSPS) is 23.3. The Morgan fingerprint density at radius 2 is 2.00 bits per heavy atom. The van der Waals surface area contributed by atoms with Crippen molar-refractivity contribution in [3.63, 3.8) is 0 Å². The summed E-state index contributed by atoms with van der Waals surface area (Å²) in [5, 5.41) is 0. The maximum absolute atomic E-state index is 11.8. The third kappa shape index (κ3) is 3.40. The highest BCUT2D eigenvalue weighted by molar-refractivity contribution is 7.09. The van der Waals surface area contributed by atoms with Gasteiger partial charge in [-0.25, -0.2) is 0 Å². The zero-order valence-electron chi connectivity index (χ0n) is 12.2. The molecule has 1 aliphatic heterocycles. The average Bonchev–Trinajstić information content (AvgIpc) is 2.79. The second kappa shape index (κ2) is 6.09. The molecule has 1 N–H and O–H groups in total. The number of rotatable bonds is 3. The first-order valence-corrected chi connectivity index (χ1v) is 7.93. The topological polar surface area (TPSA) is 58.2 Å². The van der Waals surface area contributed by atoms with Crippen LogP contribution in [0.25, 0.3) is 11.3 Å². The van der Waals surface area contributed by atoms with Gasteiger partial charge in [-0.15, -0.1) is 0 Å². The average molecular weight is 305 g/mol. The summed E-state index contributed by atoms with van der Waals surface area (Å²) in [4.78, 5) is 22.2. The van der Waals surface area contributed by atoms with Crippen molar-refractivity contribution in [1.82, 2.24) is 14.9 Å². The predicted molar refractivity (Wildman–Crippen MR) is 83.5 cm³/mol. The molecule has 2 aromatic heterocycles. The molecule has 0 amide bonds. The van der Waals surface area contributed by atoms with Gasteiger partial charge in [-0.3, -0.25) is 14.7 Å². The van der Waals surface area contributed by atoms with E-state index in [0.717, 1.165) is 35.8 Å². The van der Waals surface area contributed by atoms with Gasteiger partial charge in [0.2, 0.25) is 0 Å². The van der Waals surface area contributed by atoms with Gasteiger partial charge in [0.15, 0.2) is 0 Å². The molecule has 5 nitrogen and oxygen atoms in total. The first-order chi connectivity index (χ1) is 10.1. The smallest absolute Gasteiger partial charge is 0.305 e. The molecule has 0 aliphatic carbocycles. The molecule has 112 valence electrons. The summed E-state index contributed by atoms with van der Waals surface area (Å²) in [5.41, 5.74) is 1.92. The van der Waals surface area contributed by atoms with Crippen LogP contribution in [0.3, 0.4) is 0 Å². The highest BCUT2D eigenvalue weighted by Crippen LogP contribution is 2.25. The zero-order valence-corrected chi connectivity index (χ0v) is 13.0. The Morgan fingerprint density at radius 1 is 1.33 bits per heavy atom. The highest BCUT2D eigenvalue weighted by Gasteiger charge is 2.23. The monoisotopic (exact) mass is 305 g/mol. The molecule has 2 unspecified atom stereocenters. The molecule has 6 heteroatoms. The van der Waals surface area contributed by atoms with E-state index in [0.29, 0.717) is 0 Å². The van der Waals surface area contributed by atoms with E-state index in [-0.39, 0.29) is 17.1 Å². The van der Waals surface area contributed by atoms with Crippen LogP contribution in [0.4, 0.5) is 0 Å². The molecule has 0 spiro atoms. The Hall–Kier alpha value is -1.50. The van der Waals surface area contributed by atoms with Crippen LogP contribution in [-0.4, -0.2) is 40.2 Å². The first-order valence-electron chi connectivity index (χ1n) is 7.12. The summed E-state index contributed by atoms with van der Waals surface area (Å²) in [6, 6.07) is 3.85. The quantitative estimate of drug-likeness (QED) is 0.943. The second-order valence-electron chi connectivity index (χ2n) is 5.50. The molecule has 2 atom stereocenters. The van der Waals surface area contributed by atoms with Crippen molar-refractivity contribution in [3.05, 3.63) is 39.1 Å². The van der Waals surface area contributed by atoms with E-state index < -0.39 is 0 Å². The minimum atomic E-state index is -0.00818. The zero-order chi connectivity index (χ0) is 14.8. The fourth-order valence-electron chi connectivity index (χ4n) is 2.84. The van der Waals surface area contributed by atoms with E-state index in [1.165, 1.54) is 11.3 Å². The lowest BCUT2D eigenvalue weighted by Gasteiger charge is -2.35. The molecule has 0 aromatic carbocycles. The van der Waals surface area contributed by atoms with E-state index in [1.807, 2.05) is 12.1 Å². The van der Waals surface area contributed by atoms with Gasteiger partial charge < -0.3 is 9.72 Å². The number of hydrogen-bond donors (Lipinski definition) is 1. The van der Waals surface area contributed by atoms with E-state index >= 15 is 0 Å².